The summed E-state index contributed by atoms with van der Waals surface area (Å²) in [5.41, 5.74) is 0.250. The Kier molecular flexibility index (Phi) is 4.59. The van der Waals surface area contributed by atoms with Crippen molar-refractivity contribution in [1.29, 1.82) is 0 Å². The molecule has 0 nitrogen and oxygen atoms in total. The average molecular weight is 266 g/mol. The van der Waals surface area contributed by atoms with Crippen molar-refractivity contribution < 1.29 is 21.1 Å². The first-order valence-corrected chi connectivity index (χ1v) is 1.85. The summed E-state index contributed by atoms with van der Waals surface area (Å²) in [4.78, 5) is 0. The third kappa shape index (κ3) is 135. The summed E-state index contributed by atoms with van der Waals surface area (Å²) in [6.07, 6.45) is 0. The zero-order valence-corrected chi connectivity index (χ0v) is 6.80. The largest absolute Gasteiger partial charge is 0.338 e. The van der Waals surface area contributed by atoms with Crippen molar-refractivity contribution in [3.05, 3.63) is 6.92 Å². The molecule has 0 spiro atoms. The minimum Gasteiger partial charge on any atom is -0.338 e. The van der Waals surface area contributed by atoms with Crippen LogP contribution < -0.4 is 0 Å². The van der Waals surface area contributed by atoms with Crippen molar-refractivity contribution in [3.63, 3.8) is 0 Å². The monoisotopic (exact) mass is 266 g/mol. The predicted octanol–water partition coefficient (Wildman–Crippen LogP) is 1.86. The van der Waals surface area contributed by atoms with Crippen LogP contribution in [0.5, 0.6) is 0 Å². The van der Waals surface area contributed by atoms with E-state index in [0.29, 0.717) is 0 Å². The normalized spacial score (nSPS) is 10.0. The van der Waals surface area contributed by atoms with Gasteiger partial charge in [-0.2, -0.15) is 5.41 Å². The Morgan fingerprint density at radius 1 is 1.17 bits per heavy atom. The Hall–Kier alpha value is 0.688. The van der Waals surface area contributed by atoms with Crippen LogP contribution in [0.15, 0.2) is 0 Å². The van der Waals surface area contributed by atoms with Gasteiger partial charge in [-0.3, -0.25) is 0 Å². The zero-order chi connectivity index (χ0) is 4.50. The second-order valence-corrected chi connectivity index (χ2v) is 2.56. The van der Waals surface area contributed by atoms with Gasteiger partial charge in [0, 0.05) is 21.1 Å². The summed E-state index contributed by atoms with van der Waals surface area (Å²) in [5.74, 6) is 0. The van der Waals surface area contributed by atoms with Gasteiger partial charge in [-0.15, -0.1) is 0 Å². The van der Waals surface area contributed by atoms with E-state index >= 15 is 0 Å². The molecule has 0 aliphatic rings. The van der Waals surface area contributed by atoms with E-state index in [9.17, 15) is 0 Å². The molecule has 6 heavy (non-hydrogen) atoms. The molecule has 0 aromatic carbocycles. The Bertz CT molecular complexity index is 19.4. The van der Waals surface area contributed by atoms with Crippen molar-refractivity contribution in [2.24, 2.45) is 5.41 Å². The molecule has 0 aliphatic carbocycles. The maximum atomic E-state index is 3.77. The van der Waals surface area contributed by atoms with E-state index in [2.05, 4.69) is 27.7 Å². The topological polar surface area (TPSA) is 0 Å². The maximum absolute atomic E-state index is 3.77. The van der Waals surface area contributed by atoms with Crippen LogP contribution in [-0.4, -0.2) is 0 Å². The minimum atomic E-state index is 0. The smallest absolute Gasteiger partial charge is 0 e. The van der Waals surface area contributed by atoms with Gasteiger partial charge in [0.05, 0.1) is 0 Å². The fraction of sp³-hybridized carbons (Fsp3) is 0.800. The second-order valence-electron chi connectivity index (χ2n) is 2.56. The molecule has 0 amide bonds. The van der Waals surface area contributed by atoms with E-state index in [4.69, 9.17) is 0 Å². The quantitative estimate of drug-likeness (QED) is 0.587. The molecule has 42 valence electrons. The van der Waals surface area contributed by atoms with Crippen molar-refractivity contribution >= 4 is 0 Å². The number of hydrogen-bond donors (Lipinski definition) is 0. The molecule has 0 rings (SSSR count). The minimum absolute atomic E-state index is 0. The molecule has 0 fully saturated rings. The van der Waals surface area contributed by atoms with Crippen LogP contribution in [0.4, 0.5) is 0 Å². The molecule has 0 saturated heterocycles. The summed E-state index contributed by atoms with van der Waals surface area (Å²) in [7, 11) is 0. The first kappa shape index (κ1) is 9.85. The predicted molar refractivity (Wildman–Crippen MR) is 24.8 cm³/mol. The van der Waals surface area contributed by atoms with E-state index in [1.165, 1.54) is 0 Å². The Balaban J connectivity index is 0. The summed E-state index contributed by atoms with van der Waals surface area (Å²) < 4.78 is 0. The van der Waals surface area contributed by atoms with E-state index < -0.39 is 0 Å². The SMILES string of the molecule is [CH2-]C(C)(C)C.[Pt]. The molecule has 0 saturated carbocycles. The van der Waals surface area contributed by atoms with Gasteiger partial charge in [0.25, 0.3) is 0 Å². The first-order chi connectivity index (χ1) is 2.00. The van der Waals surface area contributed by atoms with Gasteiger partial charge >= 0.3 is 0 Å². The van der Waals surface area contributed by atoms with E-state index in [0.717, 1.165) is 0 Å². The molecule has 0 aromatic heterocycles. The third-order valence-electron chi connectivity index (χ3n) is 0. The molecule has 0 N–H and O–H groups in total. The fourth-order valence-electron chi connectivity index (χ4n) is 0. The van der Waals surface area contributed by atoms with Gasteiger partial charge in [-0.1, -0.05) is 20.8 Å². The van der Waals surface area contributed by atoms with Crippen LogP contribution in [0.1, 0.15) is 20.8 Å². The summed E-state index contributed by atoms with van der Waals surface area (Å²) >= 11 is 0. The van der Waals surface area contributed by atoms with Crippen molar-refractivity contribution in [1.82, 2.24) is 0 Å². The molecule has 0 unspecified atom stereocenters. The number of rotatable bonds is 0. The molecule has 0 bridgehead atoms. The molecule has 0 aliphatic heterocycles. The molecular weight excluding hydrogens is 255 g/mol. The molecule has 1 heteroatoms. The maximum Gasteiger partial charge on any atom is 0 e. The Morgan fingerprint density at radius 2 is 1.17 bits per heavy atom. The van der Waals surface area contributed by atoms with E-state index in [1.54, 1.807) is 0 Å². The van der Waals surface area contributed by atoms with Crippen LogP contribution in [0.3, 0.4) is 0 Å². The van der Waals surface area contributed by atoms with Crippen LogP contribution in [-0.2, 0) is 21.1 Å². The number of hydrogen-bond acceptors (Lipinski definition) is 0. The molecule has 0 atom stereocenters. The summed E-state index contributed by atoms with van der Waals surface area (Å²) in [6, 6.07) is 0. The Morgan fingerprint density at radius 3 is 1.17 bits per heavy atom. The zero-order valence-electron chi connectivity index (χ0n) is 4.52. The van der Waals surface area contributed by atoms with E-state index in [-0.39, 0.29) is 26.5 Å². The van der Waals surface area contributed by atoms with Gasteiger partial charge in [-0.05, 0) is 0 Å². The van der Waals surface area contributed by atoms with Crippen molar-refractivity contribution in [2.45, 2.75) is 20.8 Å². The van der Waals surface area contributed by atoms with Crippen LogP contribution in [0.25, 0.3) is 0 Å². The van der Waals surface area contributed by atoms with Gasteiger partial charge in [0.1, 0.15) is 0 Å². The summed E-state index contributed by atoms with van der Waals surface area (Å²) in [5, 5.41) is 0. The first-order valence-electron chi connectivity index (χ1n) is 1.85. The van der Waals surface area contributed by atoms with Crippen molar-refractivity contribution in [2.75, 3.05) is 0 Å². The Labute approximate surface area is 54.6 Å². The van der Waals surface area contributed by atoms with Crippen LogP contribution in [0, 0.1) is 12.3 Å². The van der Waals surface area contributed by atoms with Gasteiger partial charge in [0.15, 0.2) is 0 Å². The summed E-state index contributed by atoms with van der Waals surface area (Å²) in [6.45, 7) is 10.0. The van der Waals surface area contributed by atoms with E-state index in [1.807, 2.05) is 0 Å². The van der Waals surface area contributed by atoms with Gasteiger partial charge < -0.3 is 6.92 Å². The van der Waals surface area contributed by atoms with Gasteiger partial charge in [0.2, 0.25) is 0 Å². The molecule has 0 aromatic rings. The molecule has 0 heterocycles. The fourth-order valence-corrected chi connectivity index (χ4v) is 0. The third-order valence-corrected chi connectivity index (χ3v) is 0. The standard InChI is InChI=1S/C5H11.Pt/c1-5(2,3)4;/h1H2,2-4H3;/q-1;. The van der Waals surface area contributed by atoms with Crippen LogP contribution in [0.2, 0.25) is 0 Å². The molecule has 0 radical (unpaired) electrons. The van der Waals surface area contributed by atoms with Crippen LogP contribution >= 0.6 is 0 Å². The van der Waals surface area contributed by atoms with Crippen molar-refractivity contribution in [3.8, 4) is 0 Å². The second kappa shape index (κ2) is 2.80. The van der Waals surface area contributed by atoms with Gasteiger partial charge in [-0.25, -0.2) is 0 Å². The molecular formula is C5H11Pt-. The average Bonchev–Trinajstić information content (AvgIpc) is 0.722.